The molecule has 1 fully saturated rings. The van der Waals surface area contributed by atoms with E-state index in [4.69, 9.17) is 17.3 Å². The quantitative estimate of drug-likeness (QED) is 0.764. The second kappa shape index (κ2) is 4.34. The van der Waals surface area contributed by atoms with E-state index in [1.165, 1.54) is 0 Å². The number of nitrogens with two attached hydrogens (primary N) is 1. The second-order valence-electron chi connectivity index (χ2n) is 4.38. The first-order chi connectivity index (χ1) is 7.58. The summed E-state index contributed by atoms with van der Waals surface area (Å²) in [4.78, 5) is 14.0. The number of amides is 1. The van der Waals surface area contributed by atoms with Crippen molar-refractivity contribution in [2.75, 3.05) is 18.8 Å². The molecule has 1 saturated heterocycles. The third kappa shape index (κ3) is 2.14. The van der Waals surface area contributed by atoms with Crippen molar-refractivity contribution in [2.24, 2.45) is 5.92 Å². The number of carbonyl (C=O) groups excluding carboxylic acids is 1. The lowest BCUT2D eigenvalue weighted by Crippen LogP contribution is -2.29. The van der Waals surface area contributed by atoms with Crippen molar-refractivity contribution in [3.63, 3.8) is 0 Å². The highest BCUT2D eigenvalue weighted by Gasteiger charge is 2.25. The lowest BCUT2D eigenvalue weighted by atomic mass is 10.1. The van der Waals surface area contributed by atoms with Gasteiger partial charge in [0, 0.05) is 23.8 Å². The Morgan fingerprint density at radius 1 is 1.56 bits per heavy atom. The van der Waals surface area contributed by atoms with Crippen LogP contribution in [0.1, 0.15) is 23.7 Å². The van der Waals surface area contributed by atoms with Crippen LogP contribution in [0.5, 0.6) is 0 Å². The number of nitrogens with zero attached hydrogens (tertiary/aromatic N) is 1. The minimum absolute atomic E-state index is 0.0125. The lowest BCUT2D eigenvalue weighted by molar-refractivity contribution is 0.0789. The predicted molar refractivity (Wildman–Crippen MR) is 65.5 cm³/mol. The molecule has 16 heavy (non-hydrogen) atoms. The van der Waals surface area contributed by atoms with Crippen LogP contribution in [0.2, 0.25) is 5.02 Å². The SMILES string of the molecule is CC1CCN(C(=O)c2ccc(Cl)cc2N)C1. The molecule has 2 N–H and O–H groups in total. The molecule has 1 atom stereocenters. The molecule has 3 nitrogen and oxygen atoms in total. The van der Waals surface area contributed by atoms with Crippen LogP contribution in [0.25, 0.3) is 0 Å². The largest absolute Gasteiger partial charge is 0.398 e. The van der Waals surface area contributed by atoms with E-state index >= 15 is 0 Å². The summed E-state index contributed by atoms with van der Waals surface area (Å²) < 4.78 is 0. The van der Waals surface area contributed by atoms with E-state index in [1.54, 1.807) is 18.2 Å². The lowest BCUT2D eigenvalue weighted by Gasteiger charge is -2.17. The van der Waals surface area contributed by atoms with E-state index in [9.17, 15) is 4.79 Å². The highest BCUT2D eigenvalue weighted by atomic mass is 35.5. The van der Waals surface area contributed by atoms with Crippen LogP contribution >= 0.6 is 11.6 Å². The van der Waals surface area contributed by atoms with E-state index < -0.39 is 0 Å². The smallest absolute Gasteiger partial charge is 0.255 e. The van der Waals surface area contributed by atoms with Gasteiger partial charge in [0.05, 0.1) is 5.56 Å². The van der Waals surface area contributed by atoms with Gasteiger partial charge in [-0.15, -0.1) is 0 Å². The van der Waals surface area contributed by atoms with Crippen molar-refractivity contribution in [1.82, 2.24) is 4.90 Å². The second-order valence-corrected chi connectivity index (χ2v) is 4.81. The third-order valence-corrected chi connectivity index (χ3v) is 3.19. The third-order valence-electron chi connectivity index (χ3n) is 2.96. The number of rotatable bonds is 1. The zero-order valence-electron chi connectivity index (χ0n) is 9.24. The van der Waals surface area contributed by atoms with E-state index in [1.807, 2.05) is 4.90 Å². The molecule has 0 bridgehead atoms. The summed E-state index contributed by atoms with van der Waals surface area (Å²) in [5, 5.41) is 0.559. The normalized spacial score (nSPS) is 20.1. The van der Waals surface area contributed by atoms with Gasteiger partial charge in [-0.05, 0) is 30.5 Å². The van der Waals surface area contributed by atoms with E-state index in [-0.39, 0.29) is 5.91 Å². The Kier molecular flexibility index (Phi) is 3.06. The fraction of sp³-hybridized carbons (Fsp3) is 0.417. The average Bonchev–Trinajstić information content (AvgIpc) is 2.64. The van der Waals surface area contributed by atoms with Gasteiger partial charge in [0.1, 0.15) is 0 Å². The van der Waals surface area contributed by atoms with Crippen LogP contribution in [0.3, 0.4) is 0 Å². The van der Waals surface area contributed by atoms with Gasteiger partial charge < -0.3 is 10.6 Å². The van der Waals surface area contributed by atoms with Gasteiger partial charge >= 0.3 is 0 Å². The first-order valence-electron chi connectivity index (χ1n) is 5.42. The molecule has 1 aromatic carbocycles. The summed E-state index contributed by atoms with van der Waals surface area (Å²) in [6, 6.07) is 5.02. The van der Waals surface area contributed by atoms with Gasteiger partial charge in [-0.2, -0.15) is 0 Å². The molecule has 4 heteroatoms. The molecule has 0 radical (unpaired) electrons. The number of hydrogen-bond acceptors (Lipinski definition) is 2. The van der Waals surface area contributed by atoms with Gasteiger partial charge in [-0.1, -0.05) is 18.5 Å². The number of nitrogen functional groups attached to an aromatic ring is 1. The first-order valence-corrected chi connectivity index (χ1v) is 5.80. The molecule has 2 rings (SSSR count). The maximum Gasteiger partial charge on any atom is 0.255 e. The van der Waals surface area contributed by atoms with Crippen LogP contribution in [-0.2, 0) is 0 Å². The summed E-state index contributed by atoms with van der Waals surface area (Å²) in [5.74, 6) is 0.594. The van der Waals surface area contributed by atoms with E-state index in [0.717, 1.165) is 19.5 Å². The zero-order chi connectivity index (χ0) is 11.7. The molecular weight excluding hydrogens is 224 g/mol. The van der Waals surface area contributed by atoms with Gasteiger partial charge in [0.25, 0.3) is 5.91 Å². The molecule has 1 aromatic rings. The monoisotopic (exact) mass is 238 g/mol. The molecule has 0 aromatic heterocycles. The zero-order valence-corrected chi connectivity index (χ0v) is 10.00. The van der Waals surface area contributed by atoms with Crippen LogP contribution in [0, 0.1) is 5.92 Å². The summed E-state index contributed by atoms with van der Waals surface area (Å²) in [6.07, 6.45) is 1.07. The number of likely N-dealkylation sites (tertiary alicyclic amines) is 1. The Morgan fingerprint density at radius 3 is 2.88 bits per heavy atom. The summed E-state index contributed by atoms with van der Waals surface area (Å²) in [7, 11) is 0. The number of benzene rings is 1. The number of halogens is 1. The fourth-order valence-electron chi connectivity index (χ4n) is 2.02. The van der Waals surface area contributed by atoms with Crippen LogP contribution < -0.4 is 5.73 Å². The van der Waals surface area contributed by atoms with E-state index in [0.29, 0.717) is 22.2 Å². The van der Waals surface area contributed by atoms with Crippen molar-refractivity contribution in [1.29, 1.82) is 0 Å². The molecule has 1 aliphatic rings. The molecule has 1 aliphatic heterocycles. The Morgan fingerprint density at radius 2 is 2.31 bits per heavy atom. The van der Waals surface area contributed by atoms with Crippen molar-refractivity contribution in [3.05, 3.63) is 28.8 Å². The highest BCUT2D eigenvalue weighted by molar-refractivity contribution is 6.31. The highest BCUT2D eigenvalue weighted by Crippen LogP contribution is 2.23. The average molecular weight is 239 g/mol. The number of anilines is 1. The predicted octanol–water partition coefficient (Wildman–Crippen LogP) is 2.40. The molecule has 1 unspecified atom stereocenters. The topological polar surface area (TPSA) is 46.3 Å². The molecular formula is C12H15ClN2O. The van der Waals surface area contributed by atoms with Gasteiger partial charge in [-0.25, -0.2) is 0 Å². The number of hydrogen-bond donors (Lipinski definition) is 1. The molecule has 86 valence electrons. The molecule has 1 heterocycles. The standard InChI is InChI=1S/C12H15ClN2O/c1-8-4-5-15(7-8)12(16)10-3-2-9(13)6-11(10)14/h2-3,6,8H,4-5,7,14H2,1H3. The summed E-state index contributed by atoms with van der Waals surface area (Å²) in [5.41, 5.74) is 6.80. The minimum atomic E-state index is 0.0125. The minimum Gasteiger partial charge on any atom is -0.398 e. The van der Waals surface area contributed by atoms with Gasteiger partial charge in [0.2, 0.25) is 0 Å². The maximum atomic E-state index is 12.1. The molecule has 0 saturated carbocycles. The van der Waals surface area contributed by atoms with Crippen LogP contribution in [0.15, 0.2) is 18.2 Å². The molecule has 1 amide bonds. The van der Waals surface area contributed by atoms with Crippen molar-refractivity contribution >= 4 is 23.2 Å². The van der Waals surface area contributed by atoms with Gasteiger partial charge in [-0.3, -0.25) is 4.79 Å². The van der Waals surface area contributed by atoms with E-state index in [2.05, 4.69) is 6.92 Å². The Balaban J connectivity index is 2.21. The Labute approximate surface area is 100 Å². The van der Waals surface area contributed by atoms with Crippen LogP contribution in [0.4, 0.5) is 5.69 Å². The first kappa shape index (κ1) is 11.3. The summed E-state index contributed by atoms with van der Waals surface area (Å²) >= 11 is 5.80. The van der Waals surface area contributed by atoms with Crippen molar-refractivity contribution < 1.29 is 4.79 Å². The Hall–Kier alpha value is -1.22. The van der Waals surface area contributed by atoms with Gasteiger partial charge in [0.15, 0.2) is 0 Å². The summed E-state index contributed by atoms with van der Waals surface area (Å²) in [6.45, 7) is 3.79. The van der Waals surface area contributed by atoms with Crippen molar-refractivity contribution in [2.45, 2.75) is 13.3 Å². The Bertz CT molecular complexity index is 419. The maximum absolute atomic E-state index is 12.1. The van der Waals surface area contributed by atoms with Crippen LogP contribution in [-0.4, -0.2) is 23.9 Å². The van der Waals surface area contributed by atoms with Crippen molar-refractivity contribution in [3.8, 4) is 0 Å². The fourth-order valence-corrected chi connectivity index (χ4v) is 2.20. The molecule has 0 spiro atoms. The number of carbonyl (C=O) groups is 1. The molecule has 0 aliphatic carbocycles.